The first-order valence-corrected chi connectivity index (χ1v) is 6.08. The first kappa shape index (κ1) is 14.2. The number of hydrogen-bond donors (Lipinski definition) is 1. The summed E-state index contributed by atoms with van der Waals surface area (Å²) >= 11 is 0. The van der Waals surface area contributed by atoms with E-state index in [4.69, 9.17) is 9.84 Å². The summed E-state index contributed by atoms with van der Waals surface area (Å²) < 4.78 is 5.07. The molecule has 0 bridgehead atoms. The van der Waals surface area contributed by atoms with Crippen LogP contribution in [-0.2, 0) is 4.79 Å². The van der Waals surface area contributed by atoms with E-state index in [0.717, 1.165) is 37.1 Å². The molecule has 0 fully saturated rings. The molecule has 0 radical (unpaired) electrons. The van der Waals surface area contributed by atoms with Crippen LogP contribution in [0.5, 0.6) is 5.75 Å². The van der Waals surface area contributed by atoms with Gasteiger partial charge in [-0.25, -0.2) is 0 Å². The Kier molecular flexibility index (Phi) is 6.54. The number of aliphatic carboxylic acids is 1. The molecule has 0 heterocycles. The van der Waals surface area contributed by atoms with Crippen LogP contribution >= 0.6 is 0 Å². The first-order valence-electron chi connectivity index (χ1n) is 6.08. The van der Waals surface area contributed by atoms with Crippen LogP contribution in [-0.4, -0.2) is 30.9 Å². The number of aliphatic imine (C=N–C) groups is 1. The number of unbranched alkanes of at least 4 members (excludes halogenated alkanes) is 2. The van der Waals surface area contributed by atoms with Gasteiger partial charge in [0.1, 0.15) is 5.75 Å². The van der Waals surface area contributed by atoms with Crippen molar-refractivity contribution in [1.82, 2.24) is 0 Å². The summed E-state index contributed by atoms with van der Waals surface area (Å²) in [7, 11) is 1.64. The average Bonchev–Trinajstić information content (AvgIpc) is 2.38. The van der Waals surface area contributed by atoms with E-state index < -0.39 is 5.97 Å². The third-order valence-corrected chi connectivity index (χ3v) is 2.53. The zero-order valence-electron chi connectivity index (χ0n) is 10.6. The predicted molar refractivity (Wildman–Crippen MR) is 71.6 cm³/mol. The molecule has 0 aliphatic rings. The van der Waals surface area contributed by atoms with Crippen LogP contribution in [0.25, 0.3) is 0 Å². The van der Waals surface area contributed by atoms with Gasteiger partial charge in [-0.15, -0.1) is 0 Å². The normalized spacial score (nSPS) is 10.7. The molecule has 0 amide bonds. The monoisotopic (exact) mass is 249 g/mol. The second-order valence-electron chi connectivity index (χ2n) is 4.01. The van der Waals surface area contributed by atoms with E-state index in [9.17, 15) is 4.79 Å². The number of benzene rings is 1. The van der Waals surface area contributed by atoms with E-state index in [1.165, 1.54) is 0 Å². The molecule has 1 aromatic carbocycles. The minimum absolute atomic E-state index is 0.252. The van der Waals surface area contributed by atoms with Gasteiger partial charge in [0.05, 0.1) is 7.11 Å². The van der Waals surface area contributed by atoms with Gasteiger partial charge >= 0.3 is 5.97 Å². The lowest BCUT2D eigenvalue weighted by molar-refractivity contribution is -0.137. The summed E-state index contributed by atoms with van der Waals surface area (Å²) in [5.41, 5.74) is 1.04. The topological polar surface area (TPSA) is 58.9 Å². The zero-order chi connectivity index (χ0) is 13.2. The predicted octanol–water partition coefficient (Wildman–Crippen LogP) is 2.76. The lowest BCUT2D eigenvalue weighted by Crippen LogP contribution is -1.94. The first-order chi connectivity index (χ1) is 8.72. The van der Waals surface area contributed by atoms with Gasteiger partial charge < -0.3 is 9.84 Å². The van der Waals surface area contributed by atoms with Crippen LogP contribution in [0.1, 0.15) is 31.2 Å². The number of rotatable bonds is 8. The van der Waals surface area contributed by atoms with Gasteiger partial charge in [0.15, 0.2) is 0 Å². The Hall–Kier alpha value is -1.84. The van der Waals surface area contributed by atoms with E-state index in [2.05, 4.69) is 4.99 Å². The molecule has 0 unspecified atom stereocenters. The molecular weight excluding hydrogens is 230 g/mol. The fourth-order valence-corrected chi connectivity index (χ4v) is 1.52. The Labute approximate surface area is 107 Å². The van der Waals surface area contributed by atoms with Crippen molar-refractivity contribution in [3.05, 3.63) is 29.8 Å². The van der Waals surface area contributed by atoms with Crippen molar-refractivity contribution in [2.45, 2.75) is 25.7 Å². The highest BCUT2D eigenvalue weighted by molar-refractivity contribution is 5.79. The highest BCUT2D eigenvalue weighted by Gasteiger charge is 1.95. The summed E-state index contributed by atoms with van der Waals surface area (Å²) in [5.74, 6) is 0.109. The van der Waals surface area contributed by atoms with Gasteiger partial charge in [-0.05, 0) is 42.7 Å². The standard InChI is InChI=1S/C14H19NO3/c1-18-13-8-6-12(7-9-13)11-15-10-4-2-3-5-14(16)17/h6-9,11H,2-5,10H2,1H3,(H,16,17). The molecule has 0 aromatic heterocycles. The third kappa shape index (κ3) is 6.03. The van der Waals surface area contributed by atoms with Crippen molar-refractivity contribution in [1.29, 1.82) is 0 Å². The summed E-state index contributed by atoms with van der Waals surface area (Å²) in [4.78, 5) is 14.6. The molecule has 0 spiro atoms. The number of nitrogens with zero attached hydrogens (tertiary/aromatic N) is 1. The Bertz CT molecular complexity index is 385. The van der Waals surface area contributed by atoms with Gasteiger partial charge in [-0.1, -0.05) is 6.42 Å². The summed E-state index contributed by atoms with van der Waals surface area (Å²) in [6.07, 6.45) is 4.65. The second-order valence-corrected chi connectivity index (χ2v) is 4.01. The Morgan fingerprint density at radius 1 is 1.28 bits per heavy atom. The molecule has 1 rings (SSSR count). The number of carboxylic acid groups (broad SMARTS) is 1. The van der Waals surface area contributed by atoms with Crippen LogP contribution in [0.4, 0.5) is 0 Å². The molecule has 0 aliphatic heterocycles. The van der Waals surface area contributed by atoms with Crippen molar-refractivity contribution in [2.24, 2.45) is 4.99 Å². The number of methoxy groups -OCH3 is 1. The number of carboxylic acids is 1. The quantitative estimate of drug-likeness (QED) is 0.569. The Morgan fingerprint density at radius 3 is 2.61 bits per heavy atom. The Balaban J connectivity index is 2.17. The van der Waals surface area contributed by atoms with Crippen molar-refractivity contribution in [2.75, 3.05) is 13.7 Å². The lowest BCUT2D eigenvalue weighted by Gasteiger charge is -1.99. The molecule has 0 saturated carbocycles. The van der Waals surface area contributed by atoms with Crippen molar-refractivity contribution >= 4 is 12.2 Å². The molecule has 4 heteroatoms. The van der Waals surface area contributed by atoms with E-state index in [1.54, 1.807) is 7.11 Å². The third-order valence-electron chi connectivity index (χ3n) is 2.53. The summed E-state index contributed by atoms with van der Waals surface area (Å²) in [6.45, 7) is 0.742. The van der Waals surface area contributed by atoms with Gasteiger partial charge in [0.2, 0.25) is 0 Å². The molecule has 4 nitrogen and oxygen atoms in total. The molecule has 18 heavy (non-hydrogen) atoms. The van der Waals surface area contributed by atoms with Crippen LogP contribution in [0.2, 0.25) is 0 Å². The molecule has 0 saturated heterocycles. The van der Waals surface area contributed by atoms with E-state index >= 15 is 0 Å². The molecular formula is C14H19NO3. The van der Waals surface area contributed by atoms with Crippen molar-refractivity contribution in [3.8, 4) is 5.75 Å². The second kappa shape index (κ2) is 8.28. The van der Waals surface area contributed by atoms with E-state index in [0.29, 0.717) is 0 Å². The molecule has 1 N–H and O–H groups in total. The average molecular weight is 249 g/mol. The minimum Gasteiger partial charge on any atom is -0.497 e. The van der Waals surface area contributed by atoms with E-state index in [-0.39, 0.29) is 6.42 Å². The van der Waals surface area contributed by atoms with Crippen molar-refractivity contribution in [3.63, 3.8) is 0 Å². The van der Waals surface area contributed by atoms with Gasteiger partial charge in [0.25, 0.3) is 0 Å². The van der Waals surface area contributed by atoms with Gasteiger partial charge in [0, 0.05) is 19.2 Å². The van der Waals surface area contributed by atoms with E-state index in [1.807, 2.05) is 30.5 Å². The lowest BCUT2D eigenvalue weighted by atomic mass is 10.2. The number of carbonyl (C=O) groups is 1. The molecule has 98 valence electrons. The van der Waals surface area contributed by atoms with Gasteiger partial charge in [-0.2, -0.15) is 0 Å². The van der Waals surface area contributed by atoms with Crippen LogP contribution in [0.15, 0.2) is 29.3 Å². The van der Waals surface area contributed by atoms with Crippen LogP contribution in [0, 0.1) is 0 Å². The fraction of sp³-hybridized carbons (Fsp3) is 0.429. The smallest absolute Gasteiger partial charge is 0.303 e. The minimum atomic E-state index is -0.725. The maximum Gasteiger partial charge on any atom is 0.303 e. The maximum absolute atomic E-state index is 10.3. The fourth-order valence-electron chi connectivity index (χ4n) is 1.52. The number of ether oxygens (including phenoxy) is 1. The largest absolute Gasteiger partial charge is 0.497 e. The van der Waals surface area contributed by atoms with Gasteiger partial charge in [-0.3, -0.25) is 9.79 Å². The summed E-state index contributed by atoms with van der Waals surface area (Å²) in [6, 6.07) is 7.70. The Morgan fingerprint density at radius 2 is 2.00 bits per heavy atom. The molecule has 0 atom stereocenters. The van der Waals surface area contributed by atoms with Crippen LogP contribution in [0.3, 0.4) is 0 Å². The SMILES string of the molecule is COc1ccc(C=NCCCCCC(=O)O)cc1. The van der Waals surface area contributed by atoms with Crippen molar-refractivity contribution < 1.29 is 14.6 Å². The maximum atomic E-state index is 10.3. The van der Waals surface area contributed by atoms with Crippen LogP contribution < -0.4 is 4.74 Å². The zero-order valence-corrected chi connectivity index (χ0v) is 10.6. The molecule has 1 aromatic rings. The molecule has 0 aliphatic carbocycles. The number of hydrogen-bond acceptors (Lipinski definition) is 3. The highest BCUT2D eigenvalue weighted by Crippen LogP contribution is 2.09. The highest BCUT2D eigenvalue weighted by atomic mass is 16.5. The summed E-state index contributed by atoms with van der Waals surface area (Å²) in [5, 5.41) is 8.47.